The Morgan fingerprint density at radius 3 is 2.59 bits per heavy atom. The standard InChI is InChI=1S/C21H26F2N2O3S.C7H13NO2/c1-5-11(2)8-16(29)18-17(20(27)19(26)12(3)25(18)4)21(28)24-10-13-6-7-14(22)9-15(13)23;1-7(8(2)6-9)3-4-10-5-7/h6-7,9,11,16,26,29H,5,8,10H2,1-4H3,(H,24,28);6H,3-5H2,1-2H3. The molecule has 1 fully saturated rings. The summed E-state index contributed by atoms with van der Waals surface area (Å²) in [5.74, 6) is -2.47. The fourth-order valence-electron chi connectivity index (χ4n) is 4.17. The van der Waals surface area contributed by atoms with Gasteiger partial charge < -0.3 is 24.6 Å². The monoisotopic (exact) mass is 567 g/mol. The summed E-state index contributed by atoms with van der Waals surface area (Å²) in [5, 5.41) is 12.3. The van der Waals surface area contributed by atoms with E-state index in [1.54, 1.807) is 30.5 Å². The number of ether oxygens (including phenoxy) is 1. The molecule has 0 saturated carbocycles. The van der Waals surface area contributed by atoms with Gasteiger partial charge in [-0.1, -0.05) is 26.3 Å². The van der Waals surface area contributed by atoms with Crippen LogP contribution >= 0.6 is 12.6 Å². The molecule has 1 aliphatic rings. The van der Waals surface area contributed by atoms with Crippen molar-refractivity contribution < 1.29 is 28.2 Å². The van der Waals surface area contributed by atoms with Gasteiger partial charge in [0.2, 0.25) is 11.8 Å². The Balaban J connectivity index is 0.000000446. The quantitative estimate of drug-likeness (QED) is 0.311. The van der Waals surface area contributed by atoms with E-state index in [4.69, 9.17) is 4.74 Å². The highest BCUT2D eigenvalue weighted by molar-refractivity contribution is 7.80. The van der Waals surface area contributed by atoms with Gasteiger partial charge in [-0.3, -0.25) is 14.4 Å². The Labute approximate surface area is 233 Å². The summed E-state index contributed by atoms with van der Waals surface area (Å²) in [6, 6.07) is 3.03. The zero-order chi connectivity index (χ0) is 29.5. The van der Waals surface area contributed by atoms with Crippen molar-refractivity contribution in [1.29, 1.82) is 0 Å². The minimum atomic E-state index is -0.797. The maximum atomic E-state index is 13.8. The predicted molar refractivity (Wildman–Crippen MR) is 149 cm³/mol. The zero-order valence-electron chi connectivity index (χ0n) is 23.4. The van der Waals surface area contributed by atoms with Gasteiger partial charge in [0.1, 0.15) is 17.2 Å². The molecule has 216 valence electrons. The number of likely N-dealkylation sites (N-methyl/N-ethyl adjacent to an activating group) is 1. The first-order chi connectivity index (χ1) is 18.3. The number of aromatic hydroxyl groups is 1. The summed E-state index contributed by atoms with van der Waals surface area (Å²) in [4.78, 5) is 37.6. The van der Waals surface area contributed by atoms with Gasteiger partial charge in [-0.15, -0.1) is 0 Å². The van der Waals surface area contributed by atoms with Gasteiger partial charge in [0.25, 0.3) is 5.91 Å². The Bertz CT molecular complexity index is 1230. The molecular formula is C28H39F2N3O5S. The number of rotatable bonds is 9. The summed E-state index contributed by atoms with van der Waals surface area (Å²) >= 11 is 4.62. The third kappa shape index (κ3) is 7.82. The Hall–Kier alpha value is -2.92. The smallest absolute Gasteiger partial charge is 0.257 e. The summed E-state index contributed by atoms with van der Waals surface area (Å²) in [7, 11) is 3.45. The minimum Gasteiger partial charge on any atom is -0.503 e. The topological polar surface area (TPSA) is 101 Å². The van der Waals surface area contributed by atoms with Crippen molar-refractivity contribution >= 4 is 24.9 Å². The van der Waals surface area contributed by atoms with Gasteiger partial charge in [-0.05, 0) is 38.7 Å². The molecule has 3 atom stereocenters. The summed E-state index contributed by atoms with van der Waals surface area (Å²) in [6.45, 7) is 8.92. The number of nitrogens with one attached hydrogen (secondary N) is 1. The molecule has 0 bridgehead atoms. The second kappa shape index (κ2) is 13.9. The number of hydrogen-bond acceptors (Lipinski definition) is 6. The maximum absolute atomic E-state index is 13.8. The highest BCUT2D eigenvalue weighted by Gasteiger charge is 2.33. The molecule has 2 heterocycles. The molecule has 1 saturated heterocycles. The van der Waals surface area contributed by atoms with E-state index < -0.39 is 34.0 Å². The molecule has 8 nitrogen and oxygen atoms in total. The van der Waals surface area contributed by atoms with E-state index in [2.05, 4.69) is 17.9 Å². The first-order valence-electron chi connectivity index (χ1n) is 12.9. The summed E-state index contributed by atoms with van der Waals surface area (Å²) in [5.41, 5.74) is -0.268. The molecule has 3 rings (SSSR count). The largest absolute Gasteiger partial charge is 0.503 e. The van der Waals surface area contributed by atoms with Crippen LogP contribution < -0.4 is 10.7 Å². The van der Waals surface area contributed by atoms with Gasteiger partial charge in [-0.25, -0.2) is 8.78 Å². The van der Waals surface area contributed by atoms with E-state index in [-0.39, 0.29) is 23.2 Å². The van der Waals surface area contributed by atoms with E-state index in [0.717, 1.165) is 38.0 Å². The van der Waals surface area contributed by atoms with Crippen molar-refractivity contribution in [2.75, 3.05) is 20.3 Å². The average Bonchev–Trinajstić information content (AvgIpc) is 3.35. The van der Waals surface area contributed by atoms with Crippen molar-refractivity contribution in [2.45, 2.75) is 64.3 Å². The fraction of sp³-hybridized carbons (Fsp3) is 0.536. The highest BCUT2D eigenvalue weighted by Crippen LogP contribution is 2.32. The first kappa shape index (κ1) is 32.3. The van der Waals surface area contributed by atoms with Crippen molar-refractivity contribution in [3.05, 3.63) is 62.6 Å². The predicted octanol–water partition coefficient (Wildman–Crippen LogP) is 4.27. The lowest BCUT2D eigenvalue weighted by molar-refractivity contribution is -0.121. The third-order valence-corrected chi connectivity index (χ3v) is 7.89. The molecule has 1 aliphatic heterocycles. The van der Waals surface area contributed by atoms with Gasteiger partial charge in [0.15, 0.2) is 5.75 Å². The lowest BCUT2D eigenvalue weighted by Crippen LogP contribution is -2.43. The minimum absolute atomic E-state index is 0.0538. The molecule has 0 spiro atoms. The van der Waals surface area contributed by atoms with Crippen molar-refractivity contribution in [3.63, 3.8) is 0 Å². The van der Waals surface area contributed by atoms with Crippen LogP contribution in [0.3, 0.4) is 0 Å². The van der Waals surface area contributed by atoms with Crippen LogP contribution in [-0.2, 0) is 23.1 Å². The van der Waals surface area contributed by atoms with Crippen molar-refractivity contribution in [2.24, 2.45) is 13.0 Å². The zero-order valence-corrected chi connectivity index (χ0v) is 24.3. The third-order valence-electron chi connectivity index (χ3n) is 7.43. The van der Waals surface area contributed by atoms with Crippen LogP contribution in [0.5, 0.6) is 5.75 Å². The van der Waals surface area contributed by atoms with Gasteiger partial charge in [0.05, 0.1) is 17.8 Å². The Morgan fingerprint density at radius 2 is 2.05 bits per heavy atom. The number of pyridine rings is 1. The number of benzene rings is 1. The fourth-order valence-corrected chi connectivity index (χ4v) is 4.83. The molecule has 2 aromatic rings. The number of halogens is 2. The number of amides is 2. The van der Waals surface area contributed by atoms with E-state index in [0.29, 0.717) is 30.3 Å². The van der Waals surface area contributed by atoms with Crippen LogP contribution in [0.1, 0.15) is 72.6 Å². The van der Waals surface area contributed by atoms with Gasteiger partial charge in [-0.2, -0.15) is 12.6 Å². The molecule has 11 heteroatoms. The molecular weight excluding hydrogens is 528 g/mol. The first-order valence-corrected chi connectivity index (χ1v) is 13.4. The second-order valence-corrected chi connectivity index (χ2v) is 10.9. The van der Waals surface area contributed by atoms with Gasteiger partial charge in [0, 0.05) is 49.8 Å². The molecule has 2 N–H and O–H groups in total. The van der Waals surface area contributed by atoms with Crippen molar-refractivity contribution in [3.8, 4) is 5.75 Å². The van der Waals surface area contributed by atoms with Crippen LogP contribution in [0.2, 0.25) is 0 Å². The normalized spacial score (nSPS) is 18.1. The highest BCUT2D eigenvalue weighted by atomic mass is 32.1. The number of hydrogen-bond donors (Lipinski definition) is 3. The molecule has 1 aromatic carbocycles. The van der Waals surface area contributed by atoms with E-state index in [1.807, 2.05) is 20.8 Å². The van der Waals surface area contributed by atoms with Crippen LogP contribution in [0.4, 0.5) is 8.78 Å². The second-order valence-electron chi connectivity index (χ2n) is 10.3. The van der Waals surface area contributed by atoms with Crippen LogP contribution in [-0.4, -0.2) is 52.7 Å². The Morgan fingerprint density at radius 1 is 1.38 bits per heavy atom. The van der Waals surface area contributed by atoms with Crippen LogP contribution in [0.15, 0.2) is 23.0 Å². The molecule has 2 amide bonds. The lowest BCUT2D eigenvalue weighted by atomic mass is 9.97. The molecule has 39 heavy (non-hydrogen) atoms. The maximum Gasteiger partial charge on any atom is 0.257 e. The molecule has 0 aliphatic carbocycles. The number of aromatic nitrogens is 1. The summed E-state index contributed by atoms with van der Waals surface area (Å²) in [6.07, 6.45) is 3.34. The average molecular weight is 568 g/mol. The number of nitrogens with zero attached hydrogens (tertiary/aromatic N) is 2. The van der Waals surface area contributed by atoms with E-state index in [1.165, 1.54) is 6.07 Å². The van der Waals surface area contributed by atoms with E-state index >= 15 is 0 Å². The van der Waals surface area contributed by atoms with Gasteiger partial charge >= 0.3 is 0 Å². The Kier molecular flexibility index (Phi) is 11.5. The SMILES string of the molecule is CCC(C)CC(S)c1c(C(=O)NCc2ccc(F)cc2F)c(=O)c(O)c(C)n1C.CN(C=O)C1(C)CCOC1. The number of thiol groups is 1. The summed E-state index contributed by atoms with van der Waals surface area (Å²) < 4.78 is 33.7. The molecule has 1 aromatic heterocycles. The van der Waals surface area contributed by atoms with Crippen molar-refractivity contribution in [1.82, 2.24) is 14.8 Å². The number of carbonyl (C=O) groups excluding carboxylic acids is 2. The lowest BCUT2D eigenvalue weighted by Gasteiger charge is -2.30. The van der Waals surface area contributed by atoms with Crippen LogP contribution in [0, 0.1) is 24.5 Å². The number of carbonyl (C=O) groups is 2. The molecule has 3 unspecified atom stereocenters. The van der Waals surface area contributed by atoms with E-state index in [9.17, 15) is 28.3 Å². The van der Waals surface area contributed by atoms with Crippen LogP contribution in [0.25, 0.3) is 0 Å². The molecule has 0 radical (unpaired) electrons.